The van der Waals surface area contributed by atoms with Gasteiger partial charge in [-0.1, -0.05) is 24.3 Å². The summed E-state index contributed by atoms with van der Waals surface area (Å²) in [7, 11) is 0. The summed E-state index contributed by atoms with van der Waals surface area (Å²) in [5, 5.41) is 13.8. The van der Waals surface area contributed by atoms with Gasteiger partial charge in [0.15, 0.2) is 0 Å². The number of pyridine rings is 1. The summed E-state index contributed by atoms with van der Waals surface area (Å²) in [6.07, 6.45) is 2.55. The third kappa shape index (κ3) is 3.82. The van der Waals surface area contributed by atoms with Crippen molar-refractivity contribution in [1.82, 2.24) is 14.7 Å². The molecule has 0 aliphatic carbocycles. The molecule has 0 saturated heterocycles. The maximum absolute atomic E-state index is 12.0. The summed E-state index contributed by atoms with van der Waals surface area (Å²) in [5.74, 6) is -0.241. The van der Waals surface area contributed by atoms with E-state index in [1.54, 1.807) is 18.2 Å². The number of nitro groups is 1. The third-order valence-electron chi connectivity index (χ3n) is 3.99. The SMILES string of the molecule is Cc1cccc2nc(CCNC(=O)Cc3ccccc3[N+](=O)[O-])cn12. The first-order valence-electron chi connectivity index (χ1n) is 7.97. The van der Waals surface area contributed by atoms with E-state index in [1.807, 2.05) is 35.7 Å². The molecule has 0 radical (unpaired) electrons. The van der Waals surface area contributed by atoms with Gasteiger partial charge in [0.1, 0.15) is 5.65 Å². The van der Waals surface area contributed by atoms with Crippen molar-refractivity contribution in [3.05, 3.63) is 75.7 Å². The molecule has 1 aromatic carbocycles. The summed E-state index contributed by atoms with van der Waals surface area (Å²) < 4.78 is 2.00. The molecule has 0 saturated carbocycles. The Hall–Kier alpha value is -3.22. The molecule has 0 aliphatic rings. The van der Waals surface area contributed by atoms with Crippen molar-refractivity contribution in [2.24, 2.45) is 0 Å². The van der Waals surface area contributed by atoms with Gasteiger partial charge in [-0.05, 0) is 19.1 Å². The Bertz CT molecular complexity index is 933. The number of para-hydroxylation sites is 1. The highest BCUT2D eigenvalue weighted by Crippen LogP contribution is 2.17. The van der Waals surface area contributed by atoms with Gasteiger partial charge in [0.25, 0.3) is 5.69 Å². The molecule has 25 heavy (non-hydrogen) atoms. The second kappa shape index (κ2) is 7.12. The molecule has 2 heterocycles. The van der Waals surface area contributed by atoms with Crippen LogP contribution < -0.4 is 5.32 Å². The predicted molar refractivity (Wildman–Crippen MR) is 93.4 cm³/mol. The molecule has 128 valence electrons. The Kier molecular flexibility index (Phi) is 4.74. The van der Waals surface area contributed by atoms with Crippen LogP contribution in [-0.2, 0) is 17.6 Å². The molecular weight excluding hydrogens is 320 g/mol. The Morgan fingerprint density at radius 3 is 2.80 bits per heavy atom. The predicted octanol–water partition coefficient (Wildman–Crippen LogP) is 2.45. The number of nitrogens with zero attached hydrogens (tertiary/aromatic N) is 3. The van der Waals surface area contributed by atoms with E-state index in [-0.39, 0.29) is 18.0 Å². The first-order chi connectivity index (χ1) is 12.0. The topological polar surface area (TPSA) is 89.5 Å². The Morgan fingerprint density at radius 2 is 2.04 bits per heavy atom. The average Bonchev–Trinajstić information content (AvgIpc) is 2.99. The minimum absolute atomic E-state index is 0.0125. The van der Waals surface area contributed by atoms with E-state index in [2.05, 4.69) is 10.3 Å². The molecule has 3 aromatic rings. The molecule has 3 rings (SSSR count). The lowest BCUT2D eigenvalue weighted by atomic mass is 10.1. The zero-order chi connectivity index (χ0) is 17.8. The van der Waals surface area contributed by atoms with E-state index >= 15 is 0 Å². The minimum atomic E-state index is -0.471. The number of benzene rings is 1. The fourth-order valence-corrected chi connectivity index (χ4v) is 2.72. The molecule has 0 fully saturated rings. The van der Waals surface area contributed by atoms with E-state index in [9.17, 15) is 14.9 Å². The van der Waals surface area contributed by atoms with E-state index < -0.39 is 4.92 Å². The van der Waals surface area contributed by atoms with Gasteiger partial charge in [-0.15, -0.1) is 0 Å². The molecule has 0 unspecified atom stereocenters. The maximum atomic E-state index is 12.0. The number of carbonyl (C=O) groups excluding carboxylic acids is 1. The number of carbonyl (C=O) groups is 1. The Labute approximate surface area is 144 Å². The van der Waals surface area contributed by atoms with E-state index in [0.29, 0.717) is 18.5 Å². The van der Waals surface area contributed by atoms with Crippen molar-refractivity contribution in [3.63, 3.8) is 0 Å². The Balaban J connectivity index is 1.57. The molecule has 0 bridgehead atoms. The molecule has 0 aliphatic heterocycles. The number of fused-ring (bicyclic) bond motifs is 1. The molecule has 2 aromatic heterocycles. The third-order valence-corrected chi connectivity index (χ3v) is 3.99. The van der Waals surface area contributed by atoms with Crippen LogP contribution in [0.25, 0.3) is 5.65 Å². The van der Waals surface area contributed by atoms with E-state index in [1.165, 1.54) is 6.07 Å². The Morgan fingerprint density at radius 1 is 1.24 bits per heavy atom. The second-order valence-corrected chi connectivity index (χ2v) is 5.79. The highest BCUT2D eigenvalue weighted by atomic mass is 16.6. The average molecular weight is 338 g/mol. The van der Waals surface area contributed by atoms with Crippen molar-refractivity contribution >= 4 is 17.2 Å². The highest BCUT2D eigenvalue weighted by molar-refractivity contribution is 5.79. The van der Waals surface area contributed by atoms with Gasteiger partial charge in [0.05, 0.1) is 17.0 Å². The second-order valence-electron chi connectivity index (χ2n) is 5.79. The highest BCUT2D eigenvalue weighted by Gasteiger charge is 2.15. The smallest absolute Gasteiger partial charge is 0.273 e. The fraction of sp³-hybridized carbons (Fsp3) is 0.222. The number of hydrogen-bond acceptors (Lipinski definition) is 4. The molecule has 1 amide bonds. The fourth-order valence-electron chi connectivity index (χ4n) is 2.72. The summed E-state index contributed by atoms with van der Waals surface area (Å²) in [4.78, 5) is 27.1. The van der Waals surface area contributed by atoms with Crippen LogP contribution in [0, 0.1) is 17.0 Å². The van der Waals surface area contributed by atoms with Gasteiger partial charge in [-0.2, -0.15) is 0 Å². The molecule has 1 N–H and O–H groups in total. The summed E-state index contributed by atoms with van der Waals surface area (Å²) >= 11 is 0. The van der Waals surface area contributed by atoms with Crippen LogP contribution in [0.1, 0.15) is 17.0 Å². The summed E-state index contributed by atoms with van der Waals surface area (Å²) in [6.45, 7) is 2.44. The number of nitro benzene ring substituents is 1. The van der Waals surface area contributed by atoms with Crippen molar-refractivity contribution < 1.29 is 9.72 Å². The number of imidazole rings is 1. The van der Waals surface area contributed by atoms with Crippen LogP contribution in [0.2, 0.25) is 0 Å². The minimum Gasteiger partial charge on any atom is -0.355 e. The molecule has 0 spiro atoms. The van der Waals surface area contributed by atoms with Crippen LogP contribution in [0.15, 0.2) is 48.7 Å². The number of rotatable bonds is 6. The lowest BCUT2D eigenvalue weighted by Crippen LogP contribution is -2.27. The normalized spacial score (nSPS) is 10.8. The van der Waals surface area contributed by atoms with Crippen LogP contribution in [0.3, 0.4) is 0 Å². The first kappa shape index (κ1) is 16.6. The lowest BCUT2D eigenvalue weighted by Gasteiger charge is -2.05. The summed E-state index contributed by atoms with van der Waals surface area (Å²) in [6, 6.07) is 12.2. The lowest BCUT2D eigenvalue weighted by molar-refractivity contribution is -0.385. The van der Waals surface area contributed by atoms with E-state index in [0.717, 1.165) is 17.0 Å². The van der Waals surface area contributed by atoms with Gasteiger partial charge in [0.2, 0.25) is 5.91 Å². The van der Waals surface area contributed by atoms with Gasteiger partial charge >= 0.3 is 0 Å². The van der Waals surface area contributed by atoms with Crippen molar-refractivity contribution in [2.45, 2.75) is 19.8 Å². The van der Waals surface area contributed by atoms with Crippen LogP contribution in [-0.4, -0.2) is 26.8 Å². The van der Waals surface area contributed by atoms with Gasteiger partial charge in [0, 0.05) is 36.5 Å². The number of aryl methyl sites for hydroxylation is 1. The summed E-state index contributed by atoms with van der Waals surface area (Å²) in [5.41, 5.74) is 3.24. The van der Waals surface area contributed by atoms with Crippen LogP contribution >= 0.6 is 0 Å². The van der Waals surface area contributed by atoms with E-state index in [4.69, 9.17) is 0 Å². The maximum Gasteiger partial charge on any atom is 0.273 e. The monoisotopic (exact) mass is 338 g/mol. The first-order valence-corrected chi connectivity index (χ1v) is 7.97. The quantitative estimate of drug-likeness (QED) is 0.552. The number of nitrogens with one attached hydrogen (secondary N) is 1. The van der Waals surface area contributed by atoms with Gasteiger partial charge in [-0.25, -0.2) is 4.98 Å². The molecule has 7 heteroatoms. The zero-order valence-corrected chi connectivity index (χ0v) is 13.8. The number of hydrogen-bond donors (Lipinski definition) is 1. The standard InChI is InChI=1S/C18H18N4O3/c1-13-5-4-8-17-20-15(12-21(13)17)9-10-19-18(23)11-14-6-2-3-7-16(14)22(24)25/h2-8,12H,9-11H2,1H3,(H,19,23). The largest absolute Gasteiger partial charge is 0.355 e. The number of amides is 1. The van der Waals surface area contributed by atoms with Crippen LogP contribution in [0.5, 0.6) is 0 Å². The van der Waals surface area contributed by atoms with Crippen molar-refractivity contribution in [1.29, 1.82) is 0 Å². The molecule has 7 nitrogen and oxygen atoms in total. The van der Waals surface area contributed by atoms with Crippen molar-refractivity contribution in [2.75, 3.05) is 6.54 Å². The van der Waals surface area contributed by atoms with Crippen LogP contribution in [0.4, 0.5) is 5.69 Å². The zero-order valence-electron chi connectivity index (χ0n) is 13.8. The van der Waals surface area contributed by atoms with Gasteiger partial charge in [-0.3, -0.25) is 14.9 Å². The van der Waals surface area contributed by atoms with Crippen molar-refractivity contribution in [3.8, 4) is 0 Å². The number of aromatic nitrogens is 2. The molecule has 0 atom stereocenters. The molecular formula is C18H18N4O3. The van der Waals surface area contributed by atoms with Gasteiger partial charge < -0.3 is 9.72 Å².